The summed E-state index contributed by atoms with van der Waals surface area (Å²) in [6.07, 6.45) is 0. The zero-order chi connectivity index (χ0) is 18.0. The summed E-state index contributed by atoms with van der Waals surface area (Å²) in [6, 6.07) is 14.1. The molecule has 0 aromatic heterocycles. The summed E-state index contributed by atoms with van der Waals surface area (Å²) >= 11 is 0. The summed E-state index contributed by atoms with van der Waals surface area (Å²) in [5, 5.41) is 30.2. The van der Waals surface area contributed by atoms with E-state index < -0.39 is 10.8 Å². The number of nitrogens with one attached hydrogen (secondary N) is 2. The normalized spacial score (nSPS) is 13.9. The highest BCUT2D eigenvalue weighted by Crippen LogP contribution is 2.26. The van der Waals surface area contributed by atoms with Crippen LogP contribution in [0.3, 0.4) is 0 Å². The van der Waals surface area contributed by atoms with Gasteiger partial charge in [0.25, 0.3) is 11.6 Å². The van der Waals surface area contributed by atoms with Gasteiger partial charge in [0.05, 0.1) is 17.0 Å². The molecule has 8 heteroatoms. The van der Waals surface area contributed by atoms with Crippen molar-refractivity contribution in [3.63, 3.8) is 0 Å². The predicted octanol–water partition coefficient (Wildman–Crippen LogP) is 2.50. The van der Waals surface area contributed by atoms with Crippen LogP contribution in [0, 0.1) is 15.5 Å². The molecular formula is C17H14N4O4. The van der Waals surface area contributed by atoms with Crippen LogP contribution in [-0.2, 0) is 0 Å². The Morgan fingerprint density at radius 2 is 1.80 bits per heavy atom. The van der Waals surface area contributed by atoms with E-state index in [9.17, 15) is 20.0 Å². The fourth-order valence-corrected chi connectivity index (χ4v) is 2.50. The number of nitro benzene ring substituents is 1. The molecule has 0 spiro atoms. The number of hydrogen-bond acceptors (Lipinski definition) is 5. The SMILES string of the molecule is N=C1C(c2ccccc2)=C(O)CN1NC(=O)c1ccc([N+](=O)[O-])cc1. The van der Waals surface area contributed by atoms with Crippen LogP contribution < -0.4 is 5.43 Å². The van der Waals surface area contributed by atoms with Crippen LogP contribution in [0.5, 0.6) is 0 Å². The van der Waals surface area contributed by atoms with E-state index in [4.69, 9.17) is 5.41 Å². The molecule has 3 rings (SSSR count). The molecule has 1 aliphatic rings. The molecule has 2 aromatic carbocycles. The number of carbonyl (C=O) groups excluding carboxylic acids is 1. The molecule has 0 atom stereocenters. The summed E-state index contributed by atoms with van der Waals surface area (Å²) in [5.41, 5.74) is 3.65. The summed E-state index contributed by atoms with van der Waals surface area (Å²) in [4.78, 5) is 22.4. The molecule has 2 aromatic rings. The van der Waals surface area contributed by atoms with E-state index in [2.05, 4.69) is 5.43 Å². The van der Waals surface area contributed by atoms with Crippen molar-refractivity contribution in [2.24, 2.45) is 0 Å². The number of amides is 1. The first-order chi connectivity index (χ1) is 12.0. The molecule has 25 heavy (non-hydrogen) atoms. The number of benzene rings is 2. The molecular weight excluding hydrogens is 324 g/mol. The molecule has 126 valence electrons. The molecule has 1 aliphatic heterocycles. The fourth-order valence-electron chi connectivity index (χ4n) is 2.50. The Morgan fingerprint density at radius 3 is 2.40 bits per heavy atom. The minimum Gasteiger partial charge on any atom is -0.510 e. The Kier molecular flexibility index (Phi) is 4.17. The van der Waals surface area contributed by atoms with Gasteiger partial charge >= 0.3 is 0 Å². The second-order valence-electron chi connectivity index (χ2n) is 5.37. The predicted molar refractivity (Wildman–Crippen MR) is 91.0 cm³/mol. The van der Waals surface area contributed by atoms with Crippen molar-refractivity contribution in [1.29, 1.82) is 5.41 Å². The Hall–Kier alpha value is -3.68. The van der Waals surface area contributed by atoms with Crippen LogP contribution in [0.25, 0.3) is 5.57 Å². The number of aliphatic hydroxyl groups excluding tert-OH is 1. The monoisotopic (exact) mass is 338 g/mol. The third-order valence-electron chi connectivity index (χ3n) is 3.74. The first-order valence-corrected chi connectivity index (χ1v) is 7.37. The molecule has 0 saturated carbocycles. The van der Waals surface area contributed by atoms with E-state index >= 15 is 0 Å². The van der Waals surface area contributed by atoms with Gasteiger partial charge in [0.2, 0.25) is 0 Å². The highest BCUT2D eigenvalue weighted by molar-refractivity contribution is 6.24. The van der Waals surface area contributed by atoms with Gasteiger partial charge in [0.15, 0.2) is 5.84 Å². The maximum absolute atomic E-state index is 12.3. The average Bonchev–Trinajstić information content (AvgIpc) is 2.89. The van der Waals surface area contributed by atoms with E-state index in [1.54, 1.807) is 24.3 Å². The molecule has 1 heterocycles. The van der Waals surface area contributed by atoms with Crippen molar-refractivity contribution in [1.82, 2.24) is 10.4 Å². The molecule has 8 nitrogen and oxygen atoms in total. The van der Waals surface area contributed by atoms with Crippen LogP contribution in [-0.4, -0.2) is 33.3 Å². The smallest absolute Gasteiger partial charge is 0.269 e. The minimum atomic E-state index is -0.550. The summed E-state index contributed by atoms with van der Waals surface area (Å²) < 4.78 is 0. The van der Waals surface area contributed by atoms with E-state index in [-0.39, 0.29) is 29.4 Å². The standard InChI is InChI=1S/C17H14N4O4/c18-16-15(11-4-2-1-3-5-11)14(22)10-20(16)19-17(23)12-6-8-13(9-7-12)21(24)25/h1-9,18,22H,10H2,(H,19,23). The first-order valence-electron chi connectivity index (χ1n) is 7.37. The third-order valence-corrected chi connectivity index (χ3v) is 3.74. The van der Waals surface area contributed by atoms with E-state index in [1.165, 1.54) is 29.3 Å². The molecule has 0 aliphatic carbocycles. The quantitative estimate of drug-likeness (QED) is 0.584. The zero-order valence-corrected chi connectivity index (χ0v) is 13.0. The van der Waals surface area contributed by atoms with Crippen LogP contribution in [0.1, 0.15) is 15.9 Å². The van der Waals surface area contributed by atoms with Crippen molar-refractivity contribution in [2.45, 2.75) is 0 Å². The number of nitrogens with zero attached hydrogens (tertiary/aromatic N) is 2. The molecule has 0 fully saturated rings. The summed E-state index contributed by atoms with van der Waals surface area (Å²) in [6.45, 7) is -0.0260. The Morgan fingerprint density at radius 1 is 1.16 bits per heavy atom. The van der Waals surface area contributed by atoms with Gasteiger partial charge in [0.1, 0.15) is 5.76 Å². The number of rotatable bonds is 4. The summed E-state index contributed by atoms with van der Waals surface area (Å²) in [7, 11) is 0. The average molecular weight is 338 g/mol. The number of hydrogen-bond donors (Lipinski definition) is 3. The minimum absolute atomic E-state index is 0.0137. The highest BCUT2D eigenvalue weighted by Gasteiger charge is 2.29. The Labute approximate surface area is 142 Å². The lowest BCUT2D eigenvalue weighted by atomic mass is 10.1. The maximum Gasteiger partial charge on any atom is 0.269 e. The van der Waals surface area contributed by atoms with E-state index in [1.807, 2.05) is 6.07 Å². The van der Waals surface area contributed by atoms with Gasteiger partial charge in [-0.3, -0.25) is 30.8 Å². The number of nitro groups is 1. The number of non-ortho nitro benzene ring substituents is 1. The first kappa shape index (κ1) is 16.2. The Bertz CT molecular complexity index is 875. The van der Waals surface area contributed by atoms with Gasteiger partial charge in [-0.15, -0.1) is 0 Å². The largest absolute Gasteiger partial charge is 0.510 e. The third kappa shape index (κ3) is 3.18. The van der Waals surface area contributed by atoms with Crippen LogP contribution in [0.4, 0.5) is 5.69 Å². The zero-order valence-electron chi connectivity index (χ0n) is 13.0. The van der Waals surface area contributed by atoms with Gasteiger partial charge in [-0.1, -0.05) is 30.3 Å². The van der Waals surface area contributed by atoms with Crippen molar-refractivity contribution >= 4 is 23.0 Å². The van der Waals surface area contributed by atoms with Crippen molar-refractivity contribution in [2.75, 3.05) is 6.54 Å². The van der Waals surface area contributed by atoms with Crippen molar-refractivity contribution in [3.05, 3.63) is 81.6 Å². The lowest BCUT2D eigenvalue weighted by Crippen LogP contribution is -2.43. The summed E-state index contributed by atoms with van der Waals surface area (Å²) in [5.74, 6) is -0.569. The second kappa shape index (κ2) is 6.44. The van der Waals surface area contributed by atoms with Crippen molar-refractivity contribution in [3.8, 4) is 0 Å². The second-order valence-corrected chi connectivity index (χ2v) is 5.37. The molecule has 0 saturated heterocycles. The van der Waals surface area contributed by atoms with Crippen LogP contribution in [0.2, 0.25) is 0 Å². The van der Waals surface area contributed by atoms with Crippen molar-refractivity contribution < 1.29 is 14.8 Å². The maximum atomic E-state index is 12.3. The van der Waals surface area contributed by atoms with Gasteiger partial charge in [0, 0.05) is 17.7 Å². The molecule has 0 bridgehead atoms. The van der Waals surface area contributed by atoms with Gasteiger partial charge in [-0.25, -0.2) is 0 Å². The number of aliphatic hydroxyl groups is 1. The number of amidine groups is 1. The lowest BCUT2D eigenvalue weighted by molar-refractivity contribution is -0.384. The van der Waals surface area contributed by atoms with E-state index in [0.717, 1.165) is 0 Å². The van der Waals surface area contributed by atoms with E-state index in [0.29, 0.717) is 11.1 Å². The molecule has 0 radical (unpaired) electrons. The van der Waals surface area contributed by atoms with Gasteiger partial charge < -0.3 is 5.11 Å². The van der Waals surface area contributed by atoms with Gasteiger partial charge in [-0.05, 0) is 17.7 Å². The number of hydrazine groups is 1. The fraction of sp³-hybridized carbons (Fsp3) is 0.0588. The van der Waals surface area contributed by atoms with Crippen LogP contribution in [0.15, 0.2) is 60.4 Å². The molecule has 3 N–H and O–H groups in total. The van der Waals surface area contributed by atoms with Gasteiger partial charge in [-0.2, -0.15) is 0 Å². The lowest BCUT2D eigenvalue weighted by Gasteiger charge is -2.19. The topological polar surface area (TPSA) is 120 Å². The molecule has 0 unspecified atom stereocenters. The highest BCUT2D eigenvalue weighted by atomic mass is 16.6. The Balaban J connectivity index is 1.73. The van der Waals surface area contributed by atoms with Crippen LogP contribution >= 0.6 is 0 Å². The number of carbonyl (C=O) groups is 1. The molecule has 1 amide bonds.